The predicted octanol–water partition coefficient (Wildman–Crippen LogP) is 1.56. The molecule has 0 atom stereocenters. The second-order valence-corrected chi connectivity index (χ2v) is 3.22. The van der Waals surface area contributed by atoms with Crippen molar-refractivity contribution < 1.29 is 5.11 Å². The maximum atomic E-state index is 9.65. The van der Waals surface area contributed by atoms with Gasteiger partial charge in [0.25, 0.3) is 0 Å². The fourth-order valence-electron chi connectivity index (χ4n) is 1.47. The van der Waals surface area contributed by atoms with E-state index in [1.807, 2.05) is 13.8 Å². The number of hydrogen-bond acceptors (Lipinski definition) is 3. The normalized spacial score (nSPS) is 11.0. The topological polar surface area (TPSA) is 50.4 Å². The van der Waals surface area contributed by atoms with Crippen LogP contribution in [0.25, 0.3) is 5.65 Å². The van der Waals surface area contributed by atoms with Gasteiger partial charge in [-0.25, -0.2) is 4.98 Å². The lowest BCUT2D eigenvalue weighted by atomic mass is 10.2. The molecule has 74 valence electrons. The van der Waals surface area contributed by atoms with E-state index in [1.54, 1.807) is 12.3 Å². The van der Waals surface area contributed by atoms with Crippen molar-refractivity contribution in [2.45, 2.75) is 26.7 Å². The van der Waals surface area contributed by atoms with Crippen LogP contribution in [0.15, 0.2) is 12.3 Å². The van der Waals surface area contributed by atoms with Gasteiger partial charge in [0.05, 0.1) is 6.20 Å². The van der Waals surface area contributed by atoms with E-state index in [4.69, 9.17) is 0 Å². The number of nitrogens with zero attached hydrogens (tertiary/aromatic N) is 3. The average Bonchev–Trinajstić information content (AvgIpc) is 2.61. The van der Waals surface area contributed by atoms with Crippen molar-refractivity contribution in [3.05, 3.63) is 23.5 Å². The maximum absolute atomic E-state index is 9.65. The zero-order chi connectivity index (χ0) is 10.1. The lowest BCUT2D eigenvalue weighted by molar-refractivity contribution is 0.434. The molecule has 0 fully saturated rings. The van der Waals surface area contributed by atoms with Gasteiger partial charge in [0.2, 0.25) is 5.88 Å². The Morgan fingerprint density at radius 1 is 1.36 bits per heavy atom. The number of aromatic nitrogens is 3. The van der Waals surface area contributed by atoms with Crippen molar-refractivity contribution in [2.75, 3.05) is 0 Å². The van der Waals surface area contributed by atoms with Gasteiger partial charge < -0.3 is 5.11 Å². The molecule has 1 N–H and O–H groups in total. The summed E-state index contributed by atoms with van der Waals surface area (Å²) >= 11 is 0. The summed E-state index contributed by atoms with van der Waals surface area (Å²) in [5.74, 6) is 0.159. The Bertz CT molecular complexity index is 462. The summed E-state index contributed by atoms with van der Waals surface area (Å²) in [6, 6.07) is 1.65. The van der Waals surface area contributed by atoms with E-state index in [0.29, 0.717) is 0 Å². The van der Waals surface area contributed by atoms with Gasteiger partial charge in [-0.3, -0.25) is 0 Å². The molecule has 0 spiro atoms. The van der Waals surface area contributed by atoms with Gasteiger partial charge >= 0.3 is 0 Å². The van der Waals surface area contributed by atoms with Crippen LogP contribution in [0.5, 0.6) is 5.88 Å². The molecule has 4 heteroatoms. The van der Waals surface area contributed by atoms with Crippen LogP contribution in [0.1, 0.15) is 25.1 Å². The van der Waals surface area contributed by atoms with E-state index < -0.39 is 0 Å². The summed E-state index contributed by atoms with van der Waals surface area (Å²) in [4.78, 5) is 4.43. The lowest BCUT2D eigenvalue weighted by Gasteiger charge is -2.01. The average molecular weight is 191 g/mol. The van der Waals surface area contributed by atoms with Crippen molar-refractivity contribution in [3.63, 3.8) is 0 Å². The summed E-state index contributed by atoms with van der Waals surface area (Å²) in [7, 11) is 0. The molecule has 0 aliphatic heterocycles. The van der Waals surface area contributed by atoms with Crippen LogP contribution in [-0.2, 0) is 12.8 Å². The zero-order valence-electron chi connectivity index (χ0n) is 8.36. The number of aromatic hydroxyl groups is 1. The Labute approximate surface area is 82.2 Å². The van der Waals surface area contributed by atoms with Gasteiger partial charge in [-0.05, 0) is 12.8 Å². The third-order valence-corrected chi connectivity index (χ3v) is 2.32. The van der Waals surface area contributed by atoms with E-state index in [0.717, 1.165) is 29.7 Å². The van der Waals surface area contributed by atoms with Gasteiger partial charge in [-0.2, -0.15) is 9.61 Å². The third kappa shape index (κ3) is 1.23. The second-order valence-electron chi connectivity index (χ2n) is 3.22. The van der Waals surface area contributed by atoms with Gasteiger partial charge in [0.1, 0.15) is 0 Å². The second kappa shape index (κ2) is 3.29. The predicted molar refractivity (Wildman–Crippen MR) is 53.4 cm³/mol. The fourth-order valence-corrected chi connectivity index (χ4v) is 1.47. The number of aryl methyl sites for hydroxylation is 2. The van der Waals surface area contributed by atoms with Crippen molar-refractivity contribution in [1.82, 2.24) is 14.6 Å². The zero-order valence-corrected chi connectivity index (χ0v) is 8.36. The van der Waals surface area contributed by atoms with E-state index in [1.165, 1.54) is 4.52 Å². The molecule has 4 nitrogen and oxygen atoms in total. The minimum absolute atomic E-state index is 0.159. The highest BCUT2D eigenvalue weighted by Gasteiger charge is 2.08. The molecule has 2 aromatic rings. The Balaban J connectivity index is 2.73. The minimum Gasteiger partial charge on any atom is -0.493 e. The summed E-state index contributed by atoms with van der Waals surface area (Å²) in [5.41, 5.74) is 2.73. The Kier molecular flexibility index (Phi) is 2.11. The highest BCUT2D eigenvalue weighted by Crippen LogP contribution is 2.17. The SMILES string of the molecule is CCc1cc(O)n2ncc(CC)c2n1. The number of rotatable bonds is 2. The largest absolute Gasteiger partial charge is 0.493 e. The molecule has 0 saturated carbocycles. The molecular formula is C10H13N3O. The van der Waals surface area contributed by atoms with Gasteiger partial charge in [0.15, 0.2) is 5.65 Å². The quantitative estimate of drug-likeness (QED) is 0.783. The summed E-state index contributed by atoms with van der Waals surface area (Å²) in [6.07, 6.45) is 3.45. The molecule has 0 aliphatic rings. The van der Waals surface area contributed by atoms with E-state index >= 15 is 0 Å². The van der Waals surface area contributed by atoms with Crippen LogP contribution < -0.4 is 0 Å². The summed E-state index contributed by atoms with van der Waals surface area (Å²) in [5, 5.41) is 13.7. The molecule has 0 saturated heterocycles. The summed E-state index contributed by atoms with van der Waals surface area (Å²) in [6.45, 7) is 4.06. The maximum Gasteiger partial charge on any atom is 0.215 e. The van der Waals surface area contributed by atoms with E-state index in [9.17, 15) is 5.11 Å². The smallest absolute Gasteiger partial charge is 0.215 e. The van der Waals surface area contributed by atoms with E-state index in [2.05, 4.69) is 10.1 Å². The monoisotopic (exact) mass is 191 g/mol. The fraction of sp³-hybridized carbons (Fsp3) is 0.400. The molecule has 0 aliphatic carbocycles. The van der Waals surface area contributed by atoms with Crippen LogP contribution in [0.2, 0.25) is 0 Å². The van der Waals surface area contributed by atoms with Crippen molar-refractivity contribution >= 4 is 5.65 Å². The van der Waals surface area contributed by atoms with Crippen LogP contribution in [0, 0.1) is 0 Å². The Morgan fingerprint density at radius 3 is 2.79 bits per heavy atom. The first-order chi connectivity index (χ1) is 6.76. The van der Waals surface area contributed by atoms with E-state index in [-0.39, 0.29) is 5.88 Å². The molecule has 0 amide bonds. The van der Waals surface area contributed by atoms with Crippen LogP contribution in [0.4, 0.5) is 0 Å². The standard InChI is InChI=1S/C10H13N3O/c1-3-7-6-11-13-9(14)5-8(4-2)12-10(7)13/h5-6,14H,3-4H2,1-2H3. The van der Waals surface area contributed by atoms with Crippen molar-refractivity contribution in [2.24, 2.45) is 0 Å². The lowest BCUT2D eigenvalue weighted by Crippen LogP contribution is -1.96. The van der Waals surface area contributed by atoms with Crippen molar-refractivity contribution in [1.29, 1.82) is 0 Å². The van der Waals surface area contributed by atoms with Crippen LogP contribution >= 0.6 is 0 Å². The first-order valence-corrected chi connectivity index (χ1v) is 4.81. The molecule has 2 aromatic heterocycles. The number of fused-ring (bicyclic) bond motifs is 1. The molecular weight excluding hydrogens is 178 g/mol. The summed E-state index contributed by atoms with van der Waals surface area (Å²) < 4.78 is 1.47. The molecule has 0 radical (unpaired) electrons. The van der Waals surface area contributed by atoms with Crippen molar-refractivity contribution in [3.8, 4) is 5.88 Å². The molecule has 0 aromatic carbocycles. The molecule has 2 heterocycles. The molecule has 0 bridgehead atoms. The Hall–Kier alpha value is -1.58. The first kappa shape index (κ1) is 8.99. The highest BCUT2D eigenvalue weighted by atomic mass is 16.3. The first-order valence-electron chi connectivity index (χ1n) is 4.81. The van der Waals surface area contributed by atoms with Crippen LogP contribution in [-0.4, -0.2) is 19.7 Å². The van der Waals surface area contributed by atoms with Gasteiger partial charge in [0, 0.05) is 17.3 Å². The Morgan fingerprint density at radius 2 is 2.14 bits per heavy atom. The molecule has 0 unspecified atom stereocenters. The van der Waals surface area contributed by atoms with Gasteiger partial charge in [-0.15, -0.1) is 0 Å². The van der Waals surface area contributed by atoms with Gasteiger partial charge in [-0.1, -0.05) is 13.8 Å². The number of hydrogen-bond donors (Lipinski definition) is 1. The highest BCUT2D eigenvalue weighted by molar-refractivity contribution is 5.49. The van der Waals surface area contributed by atoms with Crippen LogP contribution in [0.3, 0.4) is 0 Å². The minimum atomic E-state index is 0.159. The third-order valence-electron chi connectivity index (χ3n) is 2.32. The molecule has 2 rings (SSSR count). The molecule has 14 heavy (non-hydrogen) atoms.